The summed E-state index contributed by atoms with van der Waals surface area (Å²) >= 11 is 4.38. The summed E-state index contributed by atoms with van der Waals surface area (Å²) in [5.74, 6) is 0.897. The van der Waals surface area contributed by atoms with Gasteiger partial charge in [-0.15, -0.1) is 12.6 Å². The molecule has 1 aliphatic rings. The third-order valence-corrected chi connectivity index (χ3v) is 3.35. The quantitative estimate of drug-likeness (QED) is 0.618. The Morgan fingerprint density at radius 1 is 1.00 bits per heavy atom. The van der Waals surface area contributed by atoms with E-state index >= 15 is 0 Å². The number of fused-ring (bicyclic) bond motifs is 1. The summed E-state index contributed by atoms with van der Waals surface area (Å²) in [6.07, 6.45) is 2.67. The van der Waals surface area contributed by atoms with Crippen molar-refractivity contribution in [3.05, 3.63) is 36.4 Å². The van der Waals surface area contributed by atoms with Gasteiger partial charge in [-0.3, -0.25) is 0 Å². The lowest BCUT2D eigenvalue weighted by Crippen LogP contribution is -1.84. The maximum absolute atomic E-state index is 5.25. The highest BCUT2D eigenvalue weighted by molar-refractivity contribution is 7.80. The molecule has 0 unspecified atom stereocenters. The zero-order valence-electron chi connectivity index (χ0n) is 10.6. The van der Waals surface area contributed by atoms with Crippen molar-refractivity contribution in [3.8, 4) is 5.75 Å². The molecule has 2 aromatic rings. The predicted molar refractivity (Wildman–Crippen MR) is 78.9 cm³/mol. The van der Waals surface area contributed by atoms with E-state index in [0.29, 0.717) is 0 Å². The SMILES string of the molecule is C1CC[OH+]C1.COc1ccc(S)c2ccccc12. The Hall–Kier alpha value is -1.19. The molecule has 2 nitrogen and oxygen atoms in total. The minimum atomic E-state index is 0.897. The molecule has 18 heavy (non-hydrogen) atoms. The molecule has 0 aromatic heterocycles. The van der Waals surface area contributed by atoms with Crippen LogP contribution in [0.25, 0.3) is 10.8 Å². The summed E-state index contributed by atoms with van der Waals surface area (Å²) in [5.41, 5.74) is 0. The first kappa shape index (κ1) is 13.2. The van der Waals surface area contributed by atoms with Crippen molar-refractivity contribution >= 4 is 23.4 Å². The monoisotopic (exact) mass is 263 g/mol. The van der Waals surface area contributed by atoms with E-state index in [-0.39, 0.29) is 0 Å². The lowest BCUT2D eigenvalue weighted by molar-refractivity contribution is 0.0102. The molecule has 0 saturated carbocycles. The molecule has 1 saturated heterocycles. The molecular weight excluding hydrogens is 244 g/mol. The highest BCUT2D eigenvalue weighted by Crippen LogP contribution is 2.29. The van der Waals surface area contributed by atoms with Crippen LogP contribution in [0.3, 0.4) is 0 Å². The van der Waals surface area contributed by atoms with Crippen LogP contribution in [0.2, 0.25) is 0 Å². The summed E-state index contributed by atoms with van der Waals surface area (Å²) in [6.45, 7) is 2.25. The van der Waals surface area contributed by atoms with Crippen molar-refractivity contribution in [1.29, 1.82) is 0 Å². The molecular formula is C15H19O2S+. The van der Waals surface area contributed by atoms with Crippen LogP contribution in [-0.4, -0.2) is 25.1 Å². The molecule has 0 bridgehead atoms. The highest BCUT2D eigenvalue weighted by Gasteiger charge is 2.02. The van der Waals surface area contributed by atoms with Crippen molar-refractivity contribution in [2.24, 2.45) is 0 Å². The van der Waals surface area contributed by atoms with Gasteiger partial charge < -0.3 is 9.47 Å². The maximum atomic E-state index is 5.25. The van der Waals surface area contributed by atoms with Gasteiger partial charge in [-0.1, -0.05) is 24.3 Å². The van der Waals surface area contributed by atoms with E-state index < -0.39 is 0 Å². The highest BCUT2D eigenvalue weighted by atomic mass is 32.1. The molecule has 0 spiro atoms. The third kappa shape index (κ3) is 3.18. The molecule has 1 aliphatic heterocycles. The molecule has 0 atom stereocenters. The molecule has 1 fully saturated rings. The summed E-state index contributed by atoms with van der Waals surface area (Å²) in [6, 6.07) is 12.0. The van der Waals surface area contributed by atoms with Crippen molar-refractivity contribution in [2.45, 2.75) is 17.7 Å². The van der Waals surface area contributed by atoms with Crippen molar-refractivity contribution in [3.63, 3.8) is 0 Å². The lowest BCUT2D eigenvalue weighted by atomic mass is 10.1. The number of benzene rings is 2. The molecule has 96 valence electrons. The van der Waals surface area contributed by atoms with Crippen LogP contribution in [-0.2, 0) is 0 Å². The van der Waals surface area contributed by atoms with Gasteiger partial charge in [-0.2, -0.15) is 0 Å². The van der Waals surface area contributed by atoms with Crippen molar-refractivity contribution in [2.75, 3.05) is 20.3 Å². The van der Waals surface area contributed by atoms with Gasteiger partial charge in [0, 0.05) is 23.1 Å². The minimum Gasteiger partial charge on any atom is -0.496 e. The van der Waals surface area contributed by atoms with E-state index in [0.717, 1.165) is 34.6 Å². The lowest BCUT2D eigenvalue weighted by Gasteiger charge is -2.06. The Morgan fingerprint density at radius 3 is 2.22 bits per heavy atom. The Bertz CT molecular complexity index is 499. The summed E-state index contributed by atoms with van der Waals surface area (Å²) in [7, 11) is 1.68. The second kappa shape index (κ2) is 6.66. The van der Waals surface area contributed by atoms with Gasteiger partial charge in [-0.25, -0.2) is 0 Å². The first-order valence-corrected chi connectivity index (χ1v) is 6.65. The zero-order chi connectivity index (χ0) is 12.8. The van der Waals surface area contributed by atoms with E-state index in [1.54, 1.807) is 7.11 Å². The van der Waals surface area contributed by atoms with Gasteiger partial charge in [0.1, 0.15) is 19.0 Å². The molecule has 3 rings (SSSR count). The number of ether oxygens (including phenoxy) is 2. The van der Waals surface area contributed by atoms with E-state index in [2.05, 4.69) is 17.4 Å². The number of methoxy groups -OCH3 is 1. The Morgan fingerprint density at radius 2 is 1.67 bits per heavy atom. The third-order valence-electron chi connectivity index (χ3n) is 2.96. The van der Waals surface area contributed by atoms with Gasteiger partial charge in [0.2, 0.25) is 0 Å². The second-order valence-corrected chi connectivity index (χ2v) is 4.69. The number of hydrogen-bond donors (Lipinski definition) is 1. The number of hydrogen-bond acceptors (Lipinski definition) is 2. The van der Waals surface area contributed by atoms with Crippen LogP contribution in [0.15, 0.2) is 41.3 Å². The standard InChI is InChI=1S/C11H10OS.C4H8O/c1-12-10-6-7-11(13)9-5-3-2-4-8(9)10;1-2-4-5-3-1/h2-7,13H,1H3;1-4H2/p+1. The molecule has 0 amide bonds. The summed E-state index contributed by atoms with van der Waals surface area (Å²) in [4.78, 5) is 0.983. The minimum absolute atomic E-state index is 0.897. The van der Waals surface area contributed by atoms with Gasteiger partial charge in [-0.05, 0) is 17.5 Å². The largest absolute Gasteiger partial charge is 0.496 e. The molecule has 0 aliphatic carbocycles. The predicted octanol–water partition coefficient (Wildman–Crippen LogP) is 3.45. The molecule has 1 heterocycles. The average molecular weight is 263 g/mol. The fourth-order valence-corrected chi connectivity index (χ4v) is 2.26. The first-order chi connectivity index (χ1) is 8.83. The van der Waals surface area contributed by atoms with Crippen LogP contribution in [0.4, 0.5) is 0 Å². The van der Waals surface area contributed by atoms with Gasteiger partial charge in [0.25, 0.3) is 0 Å². The van der Waals surface area contributed by atoms with E-state index in [4.69, 9.17) is 4.74 Å². The Balaban J connectivity index is 0.000000202. The van der Waals surface area contributed by atoms with Crippen LogP contribution in [0.5, 0.6) is 5.75 Å². The maximum Gasteiger partial charge on any atom is 0.145 e. The number of thiol groups is 1. The molecule has 3 heteroatoms. The Labute approximate surface area is 113 Å². The van der Waals surface area contributed by atoms with Crippen LogP contribution in [0, 0.1) is 0 Å². The Kier molecular flexibility index (Phi) is 4.90. The van der Waals surface area contributed by atoms with Crippen LogP contribution in [0.1, 0.15) is 12.8 Å². The average Bonchev–Trinajstić information content (AvgIpc) is 2.99. The van der Waals surface area contributed by atoms with Crippen molar-refractivity contribution in [1.82, 2.24) is 0 Å². The van der Waals surface area contributed by atoms with Gasteiger partial charge in [0.05, 0.1) is 7.11 Å². The van der Waals surface area contributed by atoms with Gasteiger partial charge in [0.15, 0.2) is 0 Å². The van der Waals surface area contributed by atoms with Crippen molar-refractivity contribution < 1.29 is 9.47 Å². The topological polar surface area (TPSA) is 22.0 Å². The second-order valence-electron chi connectivity index (χ2n) is 4.21. The van der Waals surface area contributed by atoms with E-state index in [1.165, 1.54) is 12.8 Å². The zero-order valence-corrected chi connectivity index (χ0v) is 11.5. The number of rotatable bonds is 1. The number of aliphatic hydroxyl groups is 2. The molecule has 2 aromatic carbocycles. The van der Waals surface area contributed by atoms with Crippen LogP contribution >= 0.6 is 12.6 Å². The first-order valence-electron chi connectivity index (χ1n) is 6.21. The fourth-order valence-electron chi connectivity index (χ4n) is 1.99. The van der Waals surface area contributed by atoms with Gasteiger partial charge >= 0.3 is 0 Å². The fraction of sp³-hybridized carbons (Fsp3) is 0.333. The summed E-state index contributed by atoms with van der Waals surface area (Å²) < 4.78 is 9.33. The molecule has 1 N–H and O–H groups in total. The van der Waals surface area contributed by atoms with Crippen LogP contribution < -0.4 is 4.74 Å². The molecule has 0 radical (unpaired) electrons. The normalized spacial score (nSPS) is 14.1. The smallest absolute Gasteiger partial charge is 0.145 e. The van der Waals surface area contributed by atoms with E-state index in [9.17, 15) is 0 Å². The van der Waals surface area contributed by atoms with E-state index in [1.807, 2.05) is 36.4 Å². The summed E-state index contributed by atoms with van der Waals surface area (Å²) in [5, 5.41) is 2.24.